The lowest BCUT2D eigenvalue weighted by Gasteiger charge is -2.42. The van der Waals surface area contributed by atoms with Crippen molar-refractivity contribution in [2.24, 2.45) is 0 Å². The van der Waals surface area contributed by atoms with Crippen LogP contribution in [0.3, 0.4) is 0 Å². The Morgan fingerprint density at radius 3 is 2.00 bits per heavy atom. The molecule has 1 N–H and O–H groups in total. The summed E-state index contributed by atoms with van der Waals surface area (Å²) < 4.78 is 103. The number of hydrogen-bond donors (Lipinski definition) is 1. The van der Waals surface area contributed by atoms with Crippen molar-refractivity contribution in [1.82, 2.24) is 10.4 Å². The van der Waals surface area contributed by atoms with Gasteiger partial charge < -0.3 is 9.47 Å². The number of esters is 1. The molecule has 1 saturated heterocycles. The van der Waals surface area contributed by atoms with Crippen LogP contribution in [0, 0.1) is 5.82 Å². The summed E-state index contributed by atoms with van der Waals surface area (Å²) in [6.07, 6.45) is -9.72. The zero-order valence-electron chi connectivity index (χ0n) is 20.2. The predicted octanol–water partition coefficient (Wildman–Crippen LogP) is 5.01. The number of alkyl halides is 6. The number of halogens is 7. The SMILES string of the molecule is COC(=O)CC(=O)NN1CCC(COCc2cc(C(F)(F)F)cc(C(F)(F)F)c2)(c2ccc(F)cc2)CC1. The van der Waals surface area contributed by atoms with E-state index in [4.69, 9.17) is 4.74 Å². The molecular formula is C25H25F7N2O4. The van der Waals surface area contributed by atoms with Gasteiger partial charge in [0.2, 0.25) is 5.91 Å². The summed E-state index contributed by atoms with van der Waals surface area (Å²) in [4.78, 5) is 23.3. The van der Waals surface area contributed by atoms with Crippen LogP contribution in [0.1, 0.15) is 41.5 Å². The second kappa shape index (κ2) is 11.7. The van der Waals surface area contributed by atoms with E-state index < -0.39 is 59.6 Å². The third-order valence-electron chi connectivity index (χ3n) is 6.29. The van der Waals surface area contributed by atoms with E-state index in [1.807, 2.05) is 0 Å². The minimum Gasteiger partial charge on any atom is -0.469 e. The Labute approximate surface area is 213 Å². The average Bonchev–Trinajstić information content (AvgIpc) is 2.84. The van der Waals surface area contributed by atoms with Crippen LogP contribution in [0.15, 0.2) is 42.5 Å². The number of piperidine rings is 1. The van der Waals surface area contributed by atoms with Gasteiger partial charge in [-0.1, -0.05) is 12.1 Å². The molecule has 13 heteroatoms. The van der Waals surface area contributed by atoms with Gasteiger partial charge in [-0.3, -0.25) is 15.0 Å². The standard InChI is InChI=1S/C25H25F7N2O4/c1-37-22(36)13-21(35)33-34-8-6-23(7-9-34,17-2-4-20(26)5-3-17)15-38-14-16-10-18(24(27,28)29)12-19(11-16)25(30,31)32/h2-5,10-12H,6-9,13-15H2,1H3,(H,33,35). The van der Waals surface area contributed by atoms with Crippen LogP contribution in [0.2, 0.25) is 0 Å². The molecule has 1 aliphatic heterocycles. The second-order valence-electron chi connectivity index (χ2n) is 8.97. The number of hydrazine groups is 1. The lowest BCUT2D eigenvalue weighted by molar-refractivity contribution is -0.146. The molecule has 1 heterocycles. The van der Waals surface area contributed by atoms with Crippen LogP contribution in [-0.2, 0) is 43.4 Å². The maximum absolute atomic E-state index is 13.6. The number of nitrogens with one attached hydrogen (secondary N) is 1. The molecule has 0 aromatic heterocycles. The van der Waals surface area contributed by atoms with Crippen LogP contribution >= 0.6 is 0 Å². The van der Waals surface area contributed by atoms with Crippen molar-refractivity contribution in [2.45, 2.75) is 43.6 Å². The summed E-state index contributed by atoms with van der Waals surface area (Å²) in [5, 5.41) is 1.58. The van der Waals surface area contributed by atoms with Crippen molar-refractivity contribution in [3.63, 3.8) is 0 Å². The molecule has 2 aromatic rings. The largest absolute Gasteiger partial charge is 0.469 e. The number of nitrogens with zero attached hydrogens (tertiary/aromatic N) is 1. The predicted molar refractivity (Wildman–Crippen MR) is 120 cm³/mol. The van der Waals surface area contributed by atoms with Gasteiger partial charge in [0.1, 0.15) is 12.2 Å². The maximum Gasteiger partial charge on any atom is 0.416 e. The Bertz CT molecular complexity index is 1090. The van der Waals surface area contributed by atoms with E-state index in [0.29, 0.717) is 30.5 Å². The van der Waals surface area contributed by atoms with Gasteiger partial charge in [-0.2, -0.15) is 26.3 Å². The van der Waals surface area contributed by atoms with E-state index in [1.165, 1.54) is 24.3 Å². The fraction of sp³-hybridized carbons (Fsp3) is 0.440. The van der Waals surface area contributed by atoms with Gasteiger partial charge in [0.25, 0.3) is 0 Å². The number of rotatable bonds is 8. The zero-order valence-corrected chi connectivity index (χ0v) is 20.2. The average molecular weight is 550 g/mol. The molecule has 1 aliphatic rings. The Hall–Kier alpha value is -3.19. The molecule has 0 spiro atoms. The number of methoxy groups -OCH3 is 1. The number of hydrogen-bond acceptors (Lipinski definition) is 5. The highest BCUT2D eigenvalue weighted by atomic mass is 19.4. The first-order valence-corrected chi connectivity index (χ1v) is 11.5. The minimum absolute atomic E-state index is 0.0493. The van der Waals surface area contributed by atoms with Crippen molar-refractivity contribution in [3.8, 4) is 0 Å². The number of amides is 1. The molecule has 38 heavy (non-hydrogen) atoms. The first kappa shape index (κ1) is 29.4. The first-order valence-electron chi connectivity index (χ1n) is 11.5. The van der Waals surface area contributed by atoms with Gasteiger partial charge in [-0.15, -0.1) is 0 Å². The molecule has 0 atom stereocenters. The van der Waals surface area contributed by atoms with Crippen molar-refractivity contribution >= 4 is 11.9 Å². The summed E-state index contributed by atoms with van der Waals surface area (Å²) in [6, 6.07) is 6.83. The van der Waals surface area contributed by atoms with Gasteiger partial charge >= 0.3 is 18.3 Å². The molecule has 3 rings (SSSR count). The quantitative estimate of drug-likeness (QED) is 0.285. The van der Waals surface area contributed by atoms with E-state index in [2.05, 4.69) is 10.2 Å². The molecule has 0 aliphatic carbocycles. The Balaban J connectivity index is 1.75. The summed E-state index contributed by atoms with van der Waals surface area (Å²) >= 11 is 0. The fourth-order valence-electron chi connectivity index (χ4n) is 4.25. The maximum atomic E-state index is 13.6. The van der Waals surface area contributed by atoms with Crippen molar-refractivity contribution in [1.29, 1.82) is 0 Å². The molecule has 0 radical (unpaired) electrons. The first-order chi connectivity index (χ1) is 17.7. The summed E-state index contributed by atoms with van der Waals surface area (Å²) in [7, 11) is 1.15. The minimum atomic E-state index is -4.98. The van der Waals surface area contributed by atoms with Crippen LogP contribution in [-0.4, -0.2) is 43.7 Å². The third-order valence-corrected chi connectivity index (χ3v) is 6.29. The Morgan fingerprint density at radius 2 is 1.50 bits per heavy atom. The molecule has 6 nitrogen and oxygen atoms in total. The normalized spacial score (nSPS) is 16.2. The van der Waals surface area contributed by atoms with Gasteiger partial charge in [0, 0.05) is 18.5 Å². The highest BCUT2D eigenvalue weighted by molar-refractivity contribution is 5.93. The Morgan fingerprint density at radius 1 is 0.947 bits per heavy atom. The summed E-state index contributed by atoms with van der Waals surface area (Å²) in [6.45, 7) is -0.0272. The molecule has 0 bridgehead atoms. The van der Waals surface area contributed by atoms with Gasteiger partial charge in [-0.05, 0) is 54.3 Å². The lowest BCUT2D eigenvalue weighted by Crippen LogP contribution is -2.52. The number of carbonyl (C=O) groups excluding carboxylic acids is 2. The van der Waals surface area contributed by atoms with Crippen LogP contribution in [0.4, 0.5) is 30.7 Å². The molecule has 1 amide bonds. The molecular weight excluding hydrogens is 525 g/mol. The Kier molecular flexibility index (Phi) is 9.03. The molecule has 208 valence electrons. The van der Waals surface area contributed by atoms with Crippen molar-refractivity contribution in [2.75, 3.05) is 26.8 Å². The monoisotopic (exact) mass is 550 g/mol. The van der Waals surface area contributed by atoms with E-state index in [0.717, 1.165) is 7.11 Å². The van der Waals surface area contributed by atoms with Crippen LogP contribution in [0.5, 0.6) is 0 Å². The molecule has 1 fully saturated rings. The molecule has 2 aromatic carbocycles. The smallest absolute Gasteiger partial charge is 0.416 e. The molecule has 0 unspecified atom stereocenters. The zero-order chi connectivity index (χ0) is 28.1. The summed E-state index contributed by atoms with van der Waals surface area (Å²) in [5.74, 6) is -1.77. The van der Waals surface area contributed by atoms with E-state index >= 15 is 0 Å². The van der Waals surface area contributed by atoms with Gasteiger partial charge in [-0.25, -0.2) is 9.40 Å². The van der Waals surface area contributed by atoms with Crippen LogP contribution < -0.4 is 5.43 Å². The van der Waals surface area contributed by atoms with Crippen molar-refractivity contribution in [3.05, 3.63) is 70.5 Å². The lowest BCUT2D eigenvalue weighted by atomic mass is 9.73. The molecule has 0 saturated carbocycles. The van der Waals surface area contributed by atoms with Gasteiger partial charge in [0.05, 0.1) is 31.5 Å². The highest BCUT2D eigenvalue weighted by Gasteiger charge is 2.39. The highest BCUT2D eigenvalue weighted by Crippen LogP contribution is 2.38. The van der Waals surface area contributed by atoms with Gasteiger partial charge in [0.15, 0.2) is 0 Å². The van der Waals surface area contributed by atoms with Crippen LogP contribution in [0.25, 0.3) is 0 Å². The van der Waals surface area contributed by atoms with E-state index in [9.17, 15) is 40.3 Å². The number of ether oxygens (including phenoxy) is 2. The van der Waals surface area contributed by atoms with Crippen molar-refractivity contribution < 1.29 is 49.8 Å². The third kappa shape index (κ3) is 7.67. The number of carbonyl (C=O) groups is 2. The van der Waals surface area contributed by atoms with E-state index in [-0.39, 0.29) is 31.3 Å². The fourth-order valence-corrected chi connectivity index (χ4v) is 4.25. The summed E-state index contributed by atoms with van der Waals surface area (Å²) in [5.41, 5.74) is -0.675. The number of benzene rings is 2. The topological polar surface area (TPSA) is 67.9 Å². The van der Waals surface area contributed by atoms with E-state index in [1.54, 1.807) is 5.01 Å². The second-order valence-corrected chi connectivity index (χ2v) is 8.97.